The molecule has 0 fully saturated rings. The largest absolute Gasteiger partial charge is 0.496 e. The van der Waals surface area contributed by atoms with E-state index in [-0.39, 0.29) is 30.5 Å². The minimum Gasteiger partial charge on any atom is -0.496 e. The maximum Gasteiger partial charge on any atom is 0.191 e. The quantitative estimate of drug-likeness (QED) is 0.327. The van der Waals surface area contributed by atoms with Crippen molar-refractivity contribution in [3.8, 4) is 5.75 Å². The second-order valence-corrected chi connectivity index (χ2v) is 6.04. The summed E-state index contributed by atoms with van der Waals surface area (Å²) in [5.41, 5.74) is -0.134. The molecule has 0 aliphatic heterocycles. The monoisotopic (exact) mass is 473 g/mol. The van der Waals surface area contributed by atoms with Gasteiger partial charge in [-0.2, -0.15) is 0 Å². The van der Waals surface area contributed by atoms with Crippen molar-refractivity contribution < 1.29 is 14.3 Å². The van der Waals surface area contributed by atoms with E-state index in [1.54, 1.807) is 20.1 Å². The lowest BCUT2D eigenvalue weighted by molar-refractivity contribution is 0.0378. The Kier molecular flexibility index (Phi) is 8.94. The number of aryl methyl sites for hydroxylation is 1. The standard InChI is InChI=1S/C19H27N3O3.HI/c1-5-20-18(21-12-15-8-6-7-9-16(15)24-4)22-13-19(3,23)17-11-10-14(2)25-17;/h6-11,23H,5,12-13H2,1-4H3,(H2,20,21,22);1H. The third-order valence-electron chi connectivity index (χ3n) is 3.82. The van der Waals surface area contributed by atoms with Gasteiger partial charge in [-0.3, -0.25) is 0 Å². The maximum absolute atomic E-state index is 10.6. The number of aliphatic hydroxyl groups is 1. The molecule has 0 spiro atoms. The van der Waals surface area contributed by atoms with Crippen molar-refractivity contribution in [3.63, 3.8) is 0 Å². The highest BCUT2D eigenvalue weighted by Gasteiger charge is 2.27. The average Bonchev–Trinajstić information content (AvgIpc) is 3.05. The molecule has 2 aromatic rings. The summed E-state index contributed by atoms with van der Waals surface area (Å²) >= 11 is 0. The first-order valence-corrected chi connectivity index (χ1v) is 8.39. The fraction of sp³-hybridized carbons (Fsp3) is 0.421. The molecule has 0 saturated carbocycles. The minimum atomic E-state index is -1.13. The van der Waals surface area contributed by atoms with Crippen LogP contribution >= 0.6 is 24.0 Å². The molecule has 144 valence electrons. The topological polar surface area (TPSA) is 79.0 Å². The van der Waals surface area contributed by atoms with Gasteiger partial charge >= 0.3 is 0 Å². The molecule has 1 aromatic carbocycles. The zero-order chi connectivity index (χ0) is 18.3. The van der Waals surface area contributed by atoms with Gasteiger partial charge in [0.05, 0.1) is 20.2 Å². The smallest absolute Gasteiger partial charge is 0.191 e. The molecular formula is C19H28IN3O3. The van der Waals surface area contributed by atoms with Crippen LogP contribution in [0.3, 0.4) is 0 Å². The van der Waals surface area contributed by atoms with Crippen LogP contribution in [0.4, 0.5) is 0 Å². The number of nitrogens with zero attached hydrogens (tertiary/aromatic N) is 1. The highest BCUT2D eigenvalue weighted by molar-refractivity contribution is 14.0. The van der Waals surface area contributed by atoms with Gasteiger partial charge in [0.2, 0.25) is 0 Å². The molecule has 26 heavy (non-hydrogen) atoms. The first-order valence-electron chi connectivity index (χ1n) is 8.39. The molecule has 1 unspecified atom stereocenters. The van der Waals surface area contributed by atoms with Gasteiger partial charge in [0.1, 0.15) is 22.9 Å². The van der Waals surface area contributed by atoms with E-state index >= 15 is 0 Å². The molecule has 0 saturated heterocycles. The zero-order valence-corrected chi connectivity index (χ0v) is 18.0. The number of rotatable bonds is 7. The predicted molar refractivity (Wildman–Crippen MR) is 114 cm³/mol. The van der Waals surface area contributed by atoms with E-state index in [4.69, 9.17) is 9.15 Å². The molecule has 2 rings (SSSR count). The number of hydrogen-bond acceptors (Lipinski definition) is 4. The Labute approximate surface area is 172 Å². The van der Waals surface area contributed by atoms with Crippen LogP contribution in [0.2, 0.25) is 0 Å². The summed E-state index contributed by atoms with van der Waals surface area (Å²) in [6.07, 6.45) is 0. The van der Waals surface area contributed by atoms with Crippen LogP contribution in [-0.2, 0) is 12.1 Å². The van der Waals surface area contributed by atoms with E-state index < -0.39 is 5.60 Å². The van der Waals surface area contributed by atoms with Gasteiger partial charge in [-0.15, -0.1) is 24.0 Å². The molecule has 0 radical (unpaired) electrons. The van der Waals surface area contributed by atoms with Crippen molar-refractivity contribution in [3.05, 3.63) is 53.5 Å². The Morgan fingerprint density at radius 3 is 2.58 bits per heavy atom. The molecule has 1 heterocycles. The van der Waals surface area contributed by atoms with Crippen LogP contribution in [0, 0.1) is 6.92 Å². The number of aliphatic imine (C=N–C) groups is 1. The Morgan fingerprint density at radius 1 is 1.23 bits per heavy atom. The van der Waals surface area contributed by atoms with Crippen LogP contribution < -0.4 is 15.4 Å². The van der Waals surface area contributed by atoms with Gasteiger partial charge in [0.15, 0.2) is 5.96 Å². The number of para-hydroxylation sites is 1. The summed E-state index contributed by atoms with van der Waals surface area (Å²) in [6, 6.07) is 11.4. The third-order valence-corrected chi connectivity index (χ3v) is 3.82. The van der Waals surface area contributed by atoms with E-state index in [2.05, 4.69) is 15.6 Å². The average molecular weight is 473 g/mol. The van der Waals surface area contributed by atoms with Crippen LogP contribution in [-0.4, -0.2) is 31.3 Å². The summed E-state index contributed by atoms with van der Waals surface area (Å²) in [7, 11) is 1.65. The van der Waals surface area contributed by atoms with E-state index in [9.17, 15) is 5.11 Å². The van der Waals surface area contributed by atoms with Crippen molar-refractivity contribution in [2.24, 2.45) is 4.99 Å². The van der Waals surface area contributed by atoms with Gasteiger partial charge in [-0.05, 0) is 39.0 Å². The fourth-order valence-corrected chi connectivity index (χ4v) is 2.41. The second kappa shape index (κ2) is 10.4. The van der Waals surface area contributed by atoms with Crippen molar-refractivity contribution >= 4 is 29.9 Å². The van der Waals surface area contributed by atoms with Gasteiger partial charge < -0.3 is 24.9 Å². The van der Waals surface area contributed by atoms with Crippen molar-refractivity contribution in [2.75, 3.05) is 20.2 Å². The van der Waals surface area contributed by atoms with Crippen molar-refractivity contribution in [1.82, 2.24) is 10.6 Å². The van der Waals surface area contributed by atoms with Crippen LogP contribution in [0.1, 0.15) is 30.9 Å². The van der Waals surface area contributed by atoms with Crippen molar-refractivity contribution in [1.29, 1.82) is 0 Å². The molecule has 6 nitrogen and oxygen atoms in total. The summed E-state index contributed by atoms with van der Waals surface area (Å²) < 4.78 is 10.9. The summed E-state index contributed by atoms with van der Waals surface area (Å²) in [4.78, 5) is 4.57. The van der Waals surface area contributed by atoms with Crippen molar-refractivity contribution in [2.45, 2.75) is 32.9 Å². The van der Waals surface area contributed by atoms with Gasteiger partial charge in [0, 0.05) is 12.1 Å². The number of benzene rings is 1. The Morgan fingerprint density at radius 2 is 1.96 bits per heavy atom. The maximum atomic E-state index is 10.6. The van der Waals surface area contributed by atoms with E-state index in [0.29, 0.717) is 18.3 Å². The molecule has 0 aliphatic carbocycles. The summed E-state index contributed by atoms with van der Waals surface area (Å²) in [5.74, 6) is 2.72. The van der Waals surface area contributed by atoms with E-state index in [1.165, 1.54) is 0 Å². The van der Waals surface area contributed by atoms with Gasteiger partial charge in [-0.1, -0.05) is 18.2 Å². The molecule has 0 bridgehead atoms. The molecule has 0 aliphatic rings. The van der Waals surface area contributed by atoms with Crippen LogP contribution in [0.25, 0.3) is 0 Å². The number of ether oxygens (including phenoxy) is 1. The lowest BCUT2D eigenvalue weighted by Crippen LogP contribution is -2.44. The molecular weight excluding hydrogens is 445 g/mol. The number of nitrogens with one attached hydrogen (secondary N) is 2. The predicted octanol–water partition coefficient (Wildman–Crippen LogP) is 3.18. The number of furan rings is 1. The molecule has 1 aromatic heterocycles. The molecule has 3 N–H and O–H groups in total. The Bertz CT molecular complexity index is 714. The second-order valence-electron chi connectivity index (χ2n) is 6.04. The molecule has 0 amide bonds. The lowest BCUT2D eigenvalue weighted by Gasteiger charge is -2.23. The zero-order valence-electron chi connectivity index (χ0n) is 15.7. The van der Waals surface area contributed by atoms with E-state index in [1.807, 2.05) is 44.2 Å². The SMILES string of the molecule is CCNC(=NCc1ccccc1OC)NCC(C)(O)c1ccc(C)o1.I. The van der Waals surface area contributed by atoms with Crippen LogP contribution in [0.5, 0.6) is 5.75 Å². The Hall–Kier alpha value is -1.74. The van der Waals surface area contributed by atoms with Gasteiger partial charge in [0.25, 0.3) is 0 Å². The highest BCUT2D eigenvalue weighted by atomic mass is 127. The first kappa shape index (κ1) is 22.3. The Balaban J connectivity index is 0.00000338. The first-order chi connectivity index (χ1) is 12.0. The summed E-state index contributed by atoms with van der Waals surface area (Å²) in [5, 5.41) is 17.0. The third kappa shape index (κ3) is 6.21. The number of hydrogen-bond donors (Lipinski definition) is 3. The van der Waals surface area contributed by atoms with Crippen LogP contribution in [0.15, 0.2) is 45.8 Å². The normalized spacial score (nSPS) is 13.5. The lowest BCUT2D eigenvalue weighted by atomic mass is 10.0. The fourth-order valence-electron chi connectivity index (χ4n) is 2.41. The molecule has 7 heteroatoms. The van der Waals surface area contributed by atoms with E-state index in [0.717, 1.165) is 23.6 Å². The number of guanidine groups is 1. The summed E-state index contributed by atoms with van der Waals surface area (Å²) in [6.45, 7) is 7.03. The minimum absolute atomic E-state index is 0. The number of halogens is 1. The highest BCUT2D eigenvalue weighted by Crippen LogP contribution is 2.22. The molecule has 1 atom stereocenters. The van der Waals surface area contributed by atoms with Gasteiger partial charge in [-0.25, -0.2) is 4.99 Å². The number of methoxy groups -OCH3 is 1.